The lowest BCUT2D eigenvalue weighted by molar-refractivity contribution is 0.0214. The summed E-state index contributed by atoms with van der Waals surface area (Å²) < 4.78 is 19.8. The van der Waals surface area contributed by atoms with Crippen LogP contribution in [0.25, 0.3) is 0 Å². The number of hydrogen-bond acceptors (Lipinski definition) is 5. The third kappa shape index (κ3) is 3.38. The number of carbonyl (C=O) groups excluding carboxylic acids is 2. The Bertz CT molecular complexity index is 704. The fourth-order valence-electron chi connectivity index (χ4n) is 3.40. The van der Waals surface area contributed by atoms with Crippen molar-refractivity contribution in [1.29, 1.82) is 0 Å². The van der Waals surface area contributed by atoms with Crippen LogP contribution < -0.4 is 10.2 Å². The molecule has 7 nitrogen and oxygen atoms in total. The van der Waals surface area contributed by atoms with Crippen LogP contribution in [0.1, 0.15) is 37.7 Å². The summed E-state index contributed by atoms with van der Waals surface area (Å²) in [6.07, 6.45) is 0.448. The minimum atomic E-state index is -0.669. The molecule has 1 N–H and O–H groups in total. The van der Waals surface area contributed by atoms with Crippen molar-refractivity contribution in [3.63, 3.8) is 0 Å². The summed E-state index contributed by atoms with van der Waals surface area (Å²) >= 11 is 0. The van der Waals surface area contributed by atoms with Crippen LogP contribution in [0.4, 0.5) is 14.9 Å². The minimum absolute atomic E-state index is 0.00198. The largest absolute Gasteiger partial charge is 0.444 e. The molecule has 2 fully saturated rings. The number of nitrogens with one attached hydrogen (secondary N) is 1. The standard InChI is InChI=1S/C17H23FN4O3/c1-17(2,3)25-16(24)22-9-10-7-11(22)8-21(10)13-6-5-12(15(23)19-4)20-14(13)18/h5-6,10-11H,7-9H2,1-4H3,(H,19,23)/t10-,11-/m0/s1. The molecule has 1 aromatic rings. The van der Waals surface area contributed by atoms with Crippen LogP contribution in [-0.4, -0.2) is 59.7 Å². The molecule has 25 heavy (non-hydrogen) atoms. The van der Waals surface area contributed by atoms with Crippen molar-refractivity contribution >= 4 is 17.7 Å². The first kappa shape index (κ1) is 17.4. The van der Waals surface area contributed by atoms with Crippen LogP contribution >= 0.6 is 0 Å². The molecule has 2 saturated heterocycles. The van der Waals surface area contributed by atoms with Gasteiger partial charge < -0.3 is 19.9 Å². The Balaban J connectivity index is 1.71. The summed E-state index contributed by atoms with van der Waals surface area (Å²) in [5.74, 6) is -1.10. The molecule has 0 saturated carbocycles. The van der Waals surface area contributed by atoms with Gasteiger partial charge in [-0.05, 0) is 39.3 Å². The number of amides is 2. The van der Waals surface area contributed by atoms with E-state index in [1.165, 1.54) is 13.1 Å². The van der Waals surface area contributed by atoms with E-state index < -0.39 is 17.5 Å². The van der Waals surface area contributed by atoms with Crippen molar-refractivity contribution in [2.75, 3.05) is 25.0 Å². The molecule has 2 aliphatic rings. The van der Waals surface area contributed by atoms with Gasteiger partial charge in [-0.25, -0.2) is 9.78 Å². The number of piperazine rings is 1. The molecule has 8 heteroatoms. The van der Waals surface area contributed by atoms with E-state index in [4.69, 9.17) is 4.74 Å². The predicted molar refractivity (Wildman–Crippen MR) is 90.1 cm³/mol. The van der Waals surface area contributed by atoms with Crippen molar-refractivity contribution in [3.8, 4) is 0 Å². The number of hydrogen-bond donors (Lipinski definition) is 1. The van der Waals surface area contributed by atoms with Crippen LogP contribution in [-0.2, 0) is 4.74 Å². The molecule has 2 atom stereocenters. The van der Waals surface area contributed by atoms with Crippen LogP contribution in [0.3, 0.4) is 0 Å². The maximum atomic E-state index is 14.4. The van der Waals surface area contributed by atoms with Gasteiger partial charge in [0.05, 0.1) is 11.7 Å². The molecule has 0 radical (unpaired) electrons. The second-order valence-electron chi connectivity index (χ2n) is 7.41. The third-order valence-electron chi connectivity index (χ3n) is 4.47. The monoisotopic (exact) mass is 350 g/mol. The zero-order valence-electron chi connectivity index (χ0n) is 14.9. The number of rotatable bonds is 2. The summed E-state index contributed by atoms with van der Waals surface area (Å²) in [5, 5.41) is 2.42. The summed E-state index contributed by atoms with van der Waals surface area (Å²) in [4.78, 5) is 31.2. The molecular weight excluding hydrogens is 327 g/mol. The highest BCUT2D eigenvalue weighted by Gasteiger charge is 2.47. The predicted octanol–water partition coefficient (Wildman–Crippen LogP) is 1.78. The topological polar surface area (TPSA) is 74.8 Å². The Morgan fingerprint density at radius 2 is 2.00 bits per heavy atom. The van der Waals surface area contributed by atoms with Gasteiger partial charge in [0.1, 0.15) is 11.3 Å². The highest BCUT2D eigenvalue weighted by molar-refractivity contribution is 5.92. The van der Waals surface area contributed by atoms with E-state index in [0.717, 1.165) is 6.42 Å². The summed E-state index contributed by atoms with van der Waals surface area (Å²) in [7, 11) is 1.47. The molecule has 2 aliphatic heterocycles. The van der Waals surface area contributed by atoms with Crippen LogP contribution in [0.2, 0.25) is 0 Å². The van der Waals surface area contributed by atoms with Crippen molar-refractivity contribution < 1.29 is 18.7 Å². The molecule has 1 aromatic heterocycles. The van der Waals surface area contributed by atoms with Gasteiger partial charge in [0.2, 0.25) is 5.95 Å². The SMILES string of the molecule is CNC(=O)c1ccc(N2C[C@@H]3C[C@H]2CN3C(=O)OC(C)(C)C)c(F)n1. The lowest BCUT2D eigenvalue weighted by atomic mass is 10.2. The zero-order chi connectivity index (χ0) is 18.4. The van der Waals surface area contributed by atoms with Gasteiger partial charge in [-0.1, -0.05) is 0 Å². The number of fused-ring (bicyclic) bond motifs is 2. The summed E-state index contributed by atoms with van der Waals surface area (Å²) in [6.45, 7) is 6.53. The number of anilines is 1. The quantitative estimate of drug-likeness (QED) is 0.823. The fraction of sp³-hybridized carbons (Fsp3) is 0.588. The first-order valence-electron chi connectivity index (χ1n) is 8.34. The molecule has 2 amide bonds. The highest BCUT2D eigenvalue weighted by atomic mass is 19.1. The molecule has 0 aliphatic carbocycles. The molecule has 0 unspecified atom stereocenters. The second kappa shape index (κ2) is 6.16. The molecule has 2 bridgehead atoms. The Morgan fingerprint density at radius 3 is 2.52 bits per heavy atom. The summed E-state index contributed by atoms with van der Waals surface area (Å²) in [6, 6.07) is 3.11. The number of ether oxygens (including phenoxy) is 1. The number of nitrogens with zero attached hydrogens (tertiary/aromatic N) is 3. The van der Waals surface area contributed by atoms with Gasteiger partial charge >= 0.3 is 6.09 Å². The lowest BCUT2D eigenvalue weighted by Crippen LogP contribution is -2.50. The van der Waals surface area contributed by atoms with Gasteiger partial charge in [-0.3, -0.25) is 4.79 Å². The van der Waals surface area contributed by atoms with Gasteiger partial charge in [0.15, 0.2) is 0 Å². The maximum Gasteiger partial charge on any atom is 0.410 e. The first-order chi connectivity index (χ1) is 11.7. The number of carbonyl (C=O) groups is 2. The van der Waals surface area contributed by atoms with Gasteiger partial charge in [0, 0.05) is 26.2 Å². The first-order valence-corrected chi connectivity index (χ1v) is 8.34. The van der Waals surface area contributed by atoms with Crippen molar-refractivity contribution in [1.82, 2.24) is 15.2 Å². The van der Waals surface area contributed by atoms with Crippen LogP contribution in [0.5, 0.6) is 0 Å². The van der Waals surface area contributed by atoms with Gasteiger partial charge in [0.25, 0.3) is 5.91 Å². The van der Waals surface area contributed by atoms with Gasteiger partial charge in [-0.2, -0.15) is 4.39 Å². The third-order valence-corrected chi connectivity index (χ3v) is 4.47. The van der Waals surface area contributed by atoms with E-state index in [2.05, 4.69) is 10.3 Å². The van der Waals surface area contributed by atoms with Crippen LogP contribution in [0.15, 0.2) is 12.1 Å². The highest BCUT2D eigenvalue weighted by Crippen LogP contribution is 2.36. The molecule has 3 rings (SSSR count). The van der Waals surface area contributed by atoms with Crippen molar-refractivity contribution in [2.24, 2.45) is 0 Å². The number of halogens is 1. The Morgan fingerprint density at radius 1 is 1.28 bits per heavy atom. The van der Waals surface area contributed by atoms with E-state index in [1.54, 1.807) is 11.0 Å². The average molecular weight is 350 g/mol. The second-order valence-corrected chi connectivity index (χ2v) is 7.41. The zero-order valence-corrected chi connectivity index (χ0v) is 14.9. The van der Waals surface area contributed by atoms with Crippen LogP contribution in [0, 0.1) is 5.95 Å². The number of aromatic nitrogens is 1. The molecule has 136 valence electrons. The van der Waals surface area contributed by atoms with Crippen molar-refractivity contribution in [2.45, 2.75) is 44.9 Å². The maximum absolute atomic E-state index is 14.4. The van der Waals surface area contributed by atoms with E-state index >= 15 is 0 Å². The number of pyridine rings is 1. The lowest BCUT2D eigenvalue weighted by Gasteiger charge is -2.36. The number of likely N-dealkylation sites (tertiary alicyclic amines) is 1. The van der Waals surface area contributed by atoms with E-state index in [9.17, 15) is 14.0 Å². The normalized spacial score (nSPS) is 22.3. The minimum Gasteiger partial charge on any atom is -0.444 e. The fourth-order valence-corrected chi connectivity index (χ4v) is 3.40. The Labute approximate surface area is 146 Å². The smallest absolute Gasteiger partial charge is 0.410 e. The molecule has 0 aromatic carbocycles. The average Bonchev–Trinajstić information content (AvgIpc) is 3.12. The van der Waals surface area contributed by atoms with Crippen molar-refractivity contribution in [3.05, 3.63) is 23.8 Å². The van der Waals surface area contributed by atoms with E-state index in [0.29, 0.717) is 18.8 Å². The van der Waals surface area contributed by atoms with E-state index in [-0.39, 0.29) is 23.9 Å². The Hall–Kier alpha value is -2.38. The van der Waals surface area contributed by atoms with E-state index in [1.807, 2.05) is 25.7 Å². The Kier molecular flexibility index (Phi) is 4.30. The molecule has 3 heterocycles. The van der Waals surface area contributed by atoms with Gasteiger partial charge in [-0.15, -0.1) is 0 Å². The summed E-state index contributed by atoms with van der Waals surface area (Å²) in [5.41, 5.74) is -0.128. The molecule has 0 spiro atoms. The molecular formula is C17H23FN4O3.